The SMILES string of the molecule is c1ccc(-c2nc(-c3ccccc3)nc(-c3ccc(-c4cccc5c4sc4c5c5ccccc5c5oc6ccccc6c54)cc3)n2)cc1. The number of hydrogen-bond acceptors (Lipinski definition) is 5. The third-order valence-corrected chi connectivity index (χ3v) is 10.4. The van der Waals surface area contributed by atoms with E-state index in [1.54, 1.807) is 0 Å². The summed E-state index contributed by atoms with van der Waals surface area (Å²) in [6.07, 6.45) is 0. The first-order chi connectivity index (χ1) is 23.8. The van der Waals surface area contributed by atoms with Gasteiger partial charge in [0.2, 0.25) is 0 Å². The van der Waals surface area contributed by atoms with E-state index in [1.807, 2.05) is 78.1 Å². The molecule has 0 atom stereocenters. The fraction of sp³-hybridized carbons (Fsp3) is 0. The van der Waals surface area contributed by atoms with Gasteiger partial charge in [0.15, 0.2) is 17.5 Å². The number of rotatable bonds is 4. The molecule has 0 radical (unpaired) electrons. The lowest BCUT2D eigenvalue weighted by Gasteiger charge is -2.09. The summed E-state index contributed by atoms with van der Waals surface area (Å²) < 4.78 is 9.03. The average Bonchev–Trinajstić information content (AvgIpc) is 3.75. The molecule has 0 amide bonds. The zero-order valence-electron chi connectivity index (χ0n) is 25.6. The number of para-hydroxylation sites is 1. The molecule has 0 bridgehead atoms. The smallest absolute Gasteiger partial charge is 0.164 e. The summed E-state index contributed by atoms with van der Waals surface area (Å²) in [4.78, 5) is 14.7. The Labute approximate surface area is 279 Å². The van der Waals surface area contributed by atoms with Crippen molar-refractivity contribution in [3.05, 3.63) is 152 Å². The molecule has 10 aromatic rings. The van der Waals surface area contributed by atoms with Gasteiger partial charge in [-0.05, 0) is 22.6 Å². The molecule has 0 aliphatic heterocycles. The van der Waals surface area contributed by atoms with E-state index < -0.39 is 0 Å². The Kier molecular flexibility index (Phi) is 6.01. The summed E-state index contributed by atoms with van der Waals surface area (Å²) in [7, 11) is 0. The summed E-state index contributed by atoms with van der Waals surface area (Å²) >= 11 is 1.85. The molecule has 5 heteroatoms. The van der Waals surface area contributed by atoms with E-state index in [0.29, 0.717) is 17.5 Å². The average molecular weight is 632 g/mol. The number of furan rings is 1. The van der Waals surface area contributed by atoms with Crippen LogP contribution in [0, 0.1) is 0 Å². The zero-order valence-corrected chi connectivity index (χ0v) is 26.4. The Balaban J connectivity index is 1.15. The van der Waals surface area contributed by atoms with Gasteiger partial charge in [0.05, 0.1) is 0 Å². The predicted octanol–water partition coefficient (Wildman–Crippen LogP) is 12.0. The molecule has 0 spiro atoms. The monoisotopic (exact) mass is 631 g/mol. The molecular weight excluding hydrogens is 607 g/mol. The van der Waals surface area contributed by atoms with E-state index in [1.165, 1.54) is 36.5 Å². The Morgan fingerprint density at radius 3 is 1.56 bits per heavy atom. The van der Waals surface area contributed by atoms with E-state index in [4.69, 9.17) is 19.4 Å². The van der Waals surface area contributed by atoms with Crippen molar-refractivity contribution in [3.8, 4) is 45.3 Å². The van der Waals surface area contributed by atoms with Crippen molar-refractivity contribution in [2.24, 2.45) is 0 Å². The highest BCUT2D eigenvalue weighted by molar-refractivity contribution is 7.27. The van der Waals surface area contributed by atoms with Gasteiger partial charge < -0.3 is 4.42 Å². The third kappa shape index (κ3) is 4.18. The highest BCUT2D eigenvalue weighted by atomic mass is 32.1. The molecule has 0 saturated carbocycles. The van der Waals surface area contributed by atoms with Crippen molar-refractivity contribution in [2.75, 3.05) is 0 Å². The summed E-state index contributed by atoms with van der Waals surface area (Å²) in [5.74, 6) is 1.96. The molecule has 10 rings (SSSR count). The van der Waals surface area contributed by atoms with E-state index in [0.717, 1.165) is 44.2 Å². The summed E-state index contributed by atoms with van der Waals surface area (Å²) in [6.45, 7) is 0. The van der Waals surface area contributed by atoms with Gasteiger partial charge in [0.25, 0.3) is 0 Å². The lowest BCUT2D eigenvalue weighted by Crippen LogP contribution is -2.00. The van der Waals surface area contributed by atoms with Gasteiger partial charge in [-0.1, -0.05) is 146 Å². The van der Waals surface area contributed by atoms with Crippen LogP contribution in [0.25, 0.3) is 98.2 Å². The van der Waals surface area contributed by atoms with Gasteiger partial charge >= 0.3 is 0 Å². The van der Waals surface area contributed by atoms with Crippen molar-refractivity contribution in [1.29, 1.82) is 0 Å². The van der Waals surface area contributed by atoms with Crippen molar-refractivity contribution < 1.29 is 4.42 Å². The highest BCUT2D eigenvalue weighted by Gasteiger charge is 2.21. The van der Waals surface area contributed by atoms with E-state index in [-0.39, 0.29) is 0 Å². The second kappa shape index (κ2) is 10.7. The summed E-state index contributed by atoms with van der Waals surface area (Å²) in [5.41, 5.74) is 7.08. The predicted molar refractivity (Wildman–Crippen MR) is 199 cm³/mol. The Morgan fingerprint density at radius 1 is 0.375 bits per heavy atom. The van der Waals surface area contributed by atoms with Crippen LogP contribution in [0.4, 0.5) is 0 Å². The van der Waals surface area contributed by atoms with E-state index in [9.17, 15) is 0 Å². The van der Waals surface area contributed by atoms with Gasteiger partial charge in [-0.2, -0.15) is 0 Å². The standard InChI is InChI=1S/C43H25N3OS/c1-3-12-27(13-4-1)41-44-42(28-14-5-2-6-15-28)46-43(45-41)29-24-22-26(23-25-29)30-19-11-20-34-36-31-16-7-8-17-32(31)38-37(40(36)48-39(30)34)33-18-9-10-21-35(33)47-38/h1-25H. The maximum atomic E-state index is 6.50. The zero-order chi connectivity index (χ0) is 31.6. The molecule has 0 aliphatic rings. The highest BCUT2D eigenvalue weighted by Crippen LogP contribution is 2.49. The molecule has 0 aliphatic carbocycles. The maximum absolute atomic E-state index is 6.50. The van der Waals surface area contributed by atoms with Crippen LogP contribution in [0.2, 0.25) is 0 Å². The molecule has 48 heavy (non-hydrogen) atoms. The van der Waals surface area contributed by atoms with Gasteiger partial charge in [0.1, 0.15) is 11.2 Å². The lowest BCUT2D eigenvalue weighted by molar-refractivity contribution is 0.673. The summed E-state index contributed by atoms with van der Waals surface area (Å²) in [6, 6.07) is 52.4. The molecule has 0 unspecified atom stereocenters. The number of benzene rings is 7. The van der Waals surface area contributed by atoms with E-state index >= 15 is 0 Å². The lowest BCUT2D eigenvalue weighted by atomic mass is 9.97. The number of thiophene rings is 1. The van der Waals surface area contributed by atoms with Crippen LogP contribution in [-0.4, -0.2) is 15.0 Å². The second-order valence-corrected chi connectivity index (χ2v) is 13.0. The molecule has 7 aromatic carbocycles. The van der Waals surface area contributed by atoms with Crippen LogP contribution in [0.15, 0.2) is 156 Å². The van der Waals surface area contributed by atoms with Crippen LogP contribution in [0.5, 0.6) is 0 Å². The number of fused-ring (bicyclic) bond motifs is 10. The van der Waals surface area contributed by atoms with Crippen LogP contribution >= 0.6 is 11.3 Å². The third-order valence-electron chi connectivity index (χ3n) is 9.13. The van der Waals surface area contributed by atoms with Crippen LogP contribution < -0.4 is 0 Å². The summed E-state index contributed by atoms with van der Waals surface area (Å²) in [5, 5.41) is 7.26. The Hall–Kier alpha value is -6.17. The van der Waals surface area contributed by atoms with Crippen molar-refractivity contribution in [3.63, 3.8) is 0 Å². The first kappa shape index (κ1) is 27.0. The fourth-order valence-electron chi connectivity index (χ4n) is 6.89. The van der Waals surface area contributed by atoms with Crippen molar-refractivity contribution in [1.82, 2.24) is 15.0 Å². The first-order valence-electron chi connectivity index (χ1n) is 15.9. The molecule has 0 saturated heterocycles. The van der Waals surface area contributed by atoms with Gasteiger partial charge in [-0.15, -0.1) is 11.3 Å². The Bertz CT molecular complexity index is 2760. The van der Waals surface area contributed by atoms with E-state index in [2.05, 4.69) is 84.9 Å². The minimum absolute atomic E-state index is 0.648. The van der Waals surface area contributed by atoms with Crippen molar-refractivity contribution in [2.45, 2.75) is 0 Å². The number of nitrogens with zero attached hydrogens (tertiary/aromatic N) is 3. The fourth-order valence-corrected chi connectivity index (χ4v) is 8.29. The minimum atomic E-state index is 0.648. The van der Waals surface area contributed by atoms with Crippen LogP contribution in [-0.2, 0) is 0 Å². The minimum Gasteiger partial charge on any atom is -0.455 e. The topological polar surface area (TPSA) is 51.8 Å². The normalized spacial score (nSPS) is 11.8. The molecule has 0 fully saturated rings. The maximum Gasteiger partial charge on any atom is 0.164 e. The first-order valence-corrected chi connectivity index (χ1v) is 16.8. The molecule has 3 heterocycles. The largest absolute Gasteiger partial charge is 0.455 e. The van der Waals surface area contributed by atoms with Crippen LogP contribution in [0.3, 0.4) is 0 Å². The molecule has 4 nitrogen and oxygen atoms in total. The van der Waals surface area contributed by atoms with Gasteiger partial charge in [-0.25, -0.2) is 15.0 Å². The molecule has 0 N–H and O–H groups in total. The van der Waals surface area contributed by atoms with Gasteiger partial charge in [0, 0.05) is 53.0 Å². The van der Waals surface area contributed by atoms with Gasteiger partial charge in [-0.3, -0.25) is 0 Å². The molecular formula is C43H25N3OS. The molecule has 3 aromatic heterocycles. The van der Waals surface area contributed by atoms with Crippen LogP contribution in [0.1, 0.15) is 0 Å². The number of aromatic nitrogens is 3. The Morgan fingerprint density at radius 2 is 0.896 bits per heavy atom. The quantitative estimate of drug-likeness (QED) is 0.194. The molecule has 224 valence electrons. The number of hydrogen-bond donors (Lipinski definition) is 0. The second-order valence-electron chi connectivity index (χ2n) is 12.0. The van der Waals surface area contributed by atoms with Crippen molar-refractivity contribution >= 4 is 64.2 Å².